The van der Waals surface area contributed by atoms with E-state index in [0.717, 1.165) is 11.1 Å². The Labute approximate surface area is 174 Å². The average molecular weight is 409 g/mol. The molecule has 4 rings (SSSR count). The van der Waals surface area contributed by atoms with Gasteiger partial charge in [0.1, 0.15) is 19.8 Å². The maximum atomic E-state index is 12.5. The van der Waals surface area contributed by atoms with Gasteiger partial charge in [-0.1, -0.05) is 24.3 Å². The van der Waals surface area contributed by atoms with Gasteiger partial charge in [-0.05, 0) is 30.2 Å². The zero-order valence-corrected chi connectivity index (χ0v) is 16.7. The Bertz CT molecular complexity index is 990. The summed E-state index contributed by atoms with van der Waals surface area (Å²) in [6.45, 7) is 3.81. The van der Waals surface area contributed by atoms with Crippen molar-refractivity contribution in [1.29, 1.82) is 0 Å². The molecule has 156 valence electrons. The van der Waals surface area contributed by atoms with Crippen molar-refractivity contribution in [2.45, 2.75) is 13.5 Å². The molecule has 2 heterocycles. The molecule has 2 aliphatic heterocycles. The highest BCUT2D eigenvalue weighted by Crippen LogP contribution is 2.32. The minimum Gasteiger partial charge on any atom is -0.486 e. The molecule has 0 aromatic heterocycles. The number of hydrogen-bond donors (Lipinski definition) is 1. The van der Waals surface area contributed by atoms with E-state index in [-0.39, 0.29) is 12.5 Å². The van der Waals surface area contributed by atoms with Gasteiger partial charge >= 0.3 is 11.8 Å². The van der Waals surface area contributed by atoms with Gasteiger partial charge in [0.05, 0.1) is 0 Å². The summed E-state index contributed by atoms with van der Waals surface area (Å²) in [6, 6.07) is 12.9. The van der Waals surface area contributed by atoms with Crippen LogP contribution in [-0.4, -0.2) is 60.4 Å². The number of hydrogen-bond acceptors (Lipinski definition) is 5. The van der Waals surface area contributed by atoms with Crippen LogP contribution in [0.1, 0.15) is 11.1 Å². The number of rotatable bonds is 5. The fourth-order valence-electron chi connectivity index (χ4n) is 3.50. The molecule has 8 heteroatoms. The summed E-state index contributed by atoms with van der Waals surface area (Å²) in [6.07, 6.45) is 0. The Morgan fingerprint density at radius 1 is 0.967 bits per heavy atom. The molecular weight excluding hydrogens is 386 g/mol. The number of amides is 3. The molecule has 0 saturated carbocycles. The molecule has 2 aliphatic rings. The molecule has 0 unspecified atom stereocenters. The quantitative estimate of drug-likeness (QED) is 0.758. The topological polar surface area (TPSA) is 88.2 Å². The van der Waals surface area contributed by atoms with Crippen molar-refractivity contribution in [2.24, 2.45) is 0 Å². The van der Waals surface area contributed by atoms with E-state index in [4.69, 9.17) is 9.47 Å². The Balaban J connectivity index is 1.34. The smallest absolute Gasteiger partial charge is 0.312 e. The molecule has 1 saturated heterocycles. The van der Waals surface area contributed by atoms with E-state index < -0.39 is 11.8 Å². The zero-order chi connectivity index (χ0) is 21.1. The fraction of sp³-hybridized carbons (Fsp3) is 0.318. The lowest BCUT2D eigenvalue weighted by Crippen LogP contribution is -2.55. The van der Waals surface area contributed by atoms with Gasteiger partial charge in [-0.2, -0.15) is 0 Å². The van der Waals surface area contributed by atoms with E-state index >= 15 is 0 Å². The predicted octanol–water partition coefficient (Wildman–Crippen LogP) is 1.58. The second-order valence-electron chi connectivity index (χ2n) is 7.29. The molecule has 0 aliphatic carbocycles. The molecule has 0 radical (unpaired) electrons. The highest BCUT2D eigenvalue weighted by Gasteiger charge is 2.33. The van der Waals surface area contributed by atoms with Crippen molar-refractivity contribution < 1.29 is 23.9 Å². The molecule has 0 bridgehead atoms. The summed E-state index contributed by atoms with van der Waals surface area (Å²) in [7, 11) is 0. The number of piperazine rings is 1. The van der Waals surface area contributed by atoms with Crippen molar-refractivity contribution in [1.82, 2.24) is 9.80 Å². The van der Waals surface area contributed by atoms with Crippen LogP contribution in [0.25, 0.3) is 0 Å². The van der Waals surface area contributed by atoms with Gasteiger partial charge in [0.2, 0.25) is 5.91 Å². The first-order chi connectivity index (χ1) is 14.5. The molecule has 8 nitrogen and oxygen atoms in total. The van der Waals surface area contributed by atoms with Crippen molar-refractivity contribution in [3.63, 3.8) is 0 Å². The standard InChI is InChI=1S/C22H23N3O5/c1-15-4-2-3-5-16(15)13-24-8-9-25(22(28)21(24)27)14-20(26)23-17-6-7-18-19(12-17)30-11-10-29-18/h2-7,12H,8-11,13-14H2,1H3,(H,23,26). The molecule has 0 atom stereocenters. The monoisotopic (exact) mass is 409 g/mol. The maximum Gasteiger partial charge on any atom is 0.312 e. The Morgan fingerprint density at radius 3 is 2.47 bits per heavy atom. The molecule has 2 aromatic rings. The van der Waals surface area contributed by atoms with Crippen LogP contribution in [0.3, 0.4) is 0 Å². The molecule has 3 amide bonds. The van der Waals surface area contributed by atoms with Gasteiger partial charge in [-0.15, -0.1) is 0 Å². The third kappa shape index (κ3) is 4.22. The average Bonchev–Trinajstić information content (AvgIpc) is 2.75. The minimum atomic E-state index is -0.660. The summed E-state index contributed by atoms with van der Waals surface area (Å²) in [5.74, 6) is -0.427. The molecule has 1 N–H and O–H groups in total. The van der Waals surface area contributed by atoms with E-state index in [1.165, 1.54) is 9.80 Å². The lowest BCUT2D eigenvalue weighted by atomic mass is 10.1. The van der Waals surface area contributed by atoms with Gasteiger partial charge in [-0.3, -0.25) is 14.4 Å². The van der Waals surface area contributed by atoms with E-state index in [1.54, 1.807) is 18.2 Å². The van der Waals surface area contributed by atoms with Crippen molar-refractivity contribution in [3.8, 4) is 11.5 Å². The Morgan fingerprint density at radius 2 is 1.67 bits per heavy atom. The van der Waals surface area contributed by atoms with E-state index in [1.807, 2.05) is 31.2 Å². The van der Waals surface area contributed by atoms with Crippen LogP contribution < -0.4 is 14.8 Å². The molecule has 1 fully saturated rings. The number of benzene rings is 2. The highest BCUT2D eigenvalue weighted by atomic mass is 16.6. The summed E-state index contributed by atoms with van der Waals surface area (Å²) >= 11 is 0. The van der Waals surface area contributed by atoms with Crippen molar-refractivity contribution in [3.05, 3.63) is 53.6 Å². The van der Waals surface area contributed by atoms with Crippen LogP contribution in [0.5, 0.6) is 11.5 Å². The number of aryl methyl sites for hydroxylation is 1. The van der Waals surface area contributed by atoms with Crippen LogP contribution in [0, 0.1) is 6.92 Å². The van der Waals surface area contributed by atoms with Crippen LogP contribution in [0.4, 0.5) is 5.69 Å². The third-order valence-electron chi connectivity index (χ3n) is 5.18. The molecular formula is C22H23N3O5. The van der Waals surface area contributed by atoms with Gasteiger partial charge in [0.15, 0.2) is 11.5 Å². The van der Waals surface area contributed by atoms with Crippen LogP contribution in [-0.2, 0) is 20.9 Å². The number of fused-ring (bicyclic) bond motifs is 1. The van der Waals surface area contributed by atoms with E-state index in [0.29, 0.717) is 50.0 Å². The largest absolute Gasteiger partial charge is 0.486 e. The fourth-order valence-corrected chi connectivity index (χ4v) is 3.50. The molecule has 30 heavy (non-hydrogen) atoms. The number of nitrogens with one attached hydrogen (secondary N) is 1. The van der Waals surface area contributed by atoms with Gasteiger partial charge in [0.25, 0.3) is 0 Å². The SMILES string of the molecule is Cc1ccccc1CN1CCN(CC(=O)Nc2ccc3c(c2)OCCO3)C(=O)C1=O. The van der Waals surface area contributed by atoms with Crippen LogP contribution >= 0.6 is 0 Å². The Kier molecular flexibility index (Phi) is 5.56. The first-order valence-corrected chi connectivity index (χ1v) is 9.83. The first kappa shape index (κ1) is 19.8. The lowest BCUT2D eigenvalue weighted by Gasteiger charge is -2.33. The second kappa shape index (κ2) is 8.44. The molecule has 2 aromatic carbocycles. The first-order valence-electron chi connectivity index (χ1n) is 9.83. The Hall–Kier alpha value is -3.55. The van der Waals surface area contributed by atoms with E-state index in [9.17, 15) is 14.4 Å². The number of carbonyl (C=O) groups is 3. The number of ether oxygens (including phenoxy) is 2. The zero-order valence-electron chi connectivity index (χ0n) is 16.7. The van der Waals surface area contributed by atoms with Crippen LogP contribution in [0.2, 0.25) is 0 Å². The van der Waals surface area contributed by atoms with Crippen molar-refractivity contribution in [2.75, 3.05) is 38.2 Å². The molecule has 0 spiro atoms. The summed E-state index contributed by atoms with van der Waals surface area (Å²) < 4.78 is 11.0. The predicted molar refractivity (Wildman–Crippen MR) is 109 cm³/mol. The van der Waals surface area contributed by atoms with Gasteiger partial charge < -0.3 is 24.6 Å². The van der Waals surface area contributed by atoms with Gasteiger partial charge in [-0.25, -0.2) is 0 Å². The summed E-state index contributed by atoms with van der Waals surface area (Å²) in [4.78, 5) is 40.3. The van der Waals surface area contributed by atoms with E-state index in [2.05, 4.69) is 5.32 Å². The second-order valence-corrected chi connectivity index (χ2v) is 7.29. The highest BCUT2D eigenvalue weighted by molar-refractivity contribution is 6.35. The van der Waals surface area contributed by atoms with Gasteiger partial charge in [0, 0.05) is 31.4 Å². The van der Waals surface area contributed by atoms with Crippen molar-refractivity contribution >= 4 is 23.4 Å². The maximum absolute atomic E-state index is 12.5. The number of anilines is 1. The van der Waals surface area contributed by atoms with Crippen LogP contribution in [0.15, 0.2) is 42.5 Å². The normalized spacial score (nSPS) is 15.9. The third-order valence-corrected chi connectivity index (χ3v) is 5.18. The lowest BCUT2D eigenvalue weighted by molar-refractivity contribution is -0.157. The summed E-state index contributed by atoms with van der Waals surface area (Å²) in [5.41, 5.74) is 2.61. The minimum absolute atomic E-state index is 0.183. The number of carbonyl (C=O) groups excluding carboxylic acids is 3. The summed E-state index contributed by atoms with van der Waals surface area (Å²) in [5, 5.41) is 2.74. The number of nitrogens with zero attached hydrogens (tertiary/aromatic N) is 2.